The van der Waals surface area contributed by atoms with Gasteiger partial charge < -0.3 is 5.73 Å². The van der Waals surface area contributed by atoms with Gasteiger partial charge in [-0.05, 0) is 30.4 Å². The van der Waals surface area contributed by atoms with E-state index in [4.69, 9.17) is 5.73 Å². The number of benzene rings is 1. The van der Waals surface area contributed by atoms with Crippen LogP contribution in [-0.2, 0) is 16.8 Å². The number of nitrogens with one attached hydrogen (secondary N) is 1. The highest BCUT2D eigenvalue weighted by Crippen LogP contribution is 2.40. The van der Waals surface area contributed by atoms with Crippen LogP contribution < -0.4 is 11.1 Å². The second kappa shape index (κ2) is 3.07. The highest BCUT2D eigenvalue weighted by Gasteiger charge is 2.47. The third kappa shape index (κ3) is 1.10. The lowest BCUT2D eigenvalue weighted by molar-refractivity contribution is -0.124. The Balaban J connectivity index is 2.21. The molecule has 1 unspecified atom stereocenters. The number of aliphatic imine (C=N–C) groups is 1. The van der Waals surface area contributed by atoms with Gasteiger partial charge in [-0.15, -0.1) is 0 Å². The summed E-state index contributed by atoms with van der Waals surface area (Å²) in [7, 11) is 0. The van der Waals surface area contributed by atoms with Crippen molar-refractivity contribution in [1.82, 2.24) is 5.32 Å². The smallest absolute Gasteiger partial charge is 0.259 e. The molecule has 1 aliphatic carbocycles. The summed E-state index contributed by atoms with van der Waals surface area (Å²) in [5.74, 6) is 0.152. The van der Waals surface area contributed by atoms with Crippen molar-refractivity contribution in [2.75, 3.05) is 0 Å². The second-order valence-electron chi connectivity index (χ2n) is 4.32. The van der Waals surface area contributed by atoms with Crippen molar-refractivity contribution in [1.29, 1.82) is 0 Å². The summed E-state index contributed by atoms with van der Waals surface area (Å²) in [4.78, 5) is 16.4. The monoisotopic (exact) mass is 215 g/mol. The van der Waals surface area contributed by atoms with Crippen LogP contribution >= 0.6 is 0 Å². The molecule has 0 saturated carbocycles. The lowest BCUT2D eigenvalue weighted by atomic mass is 9.77. The van der Waals surface area contributed by atoms with E-state index in [0.717, 1.165) is 24.8 Å². The zero-order valence-corrected chi connectivity index (χ0v) is 8.86. The first-order chi connectivity index (χ1) is 7.72. The Labute approximate surface area is 93.6 Å². The summed E-state index contributed by atoms with van der Waals surface area (Å²) >= 11 is 0. The summed E-state index contributed by atoms with van der Waals surface area (Å²) in [6, 6.07) is 7.99. The number of nitrogens with two attached hydrogens (primary N) is 1. The van der Waals surface area contributed by atoms with Gasteiger partial charge in [0, 0.05) is 0 Å². The van der Waals surface area contributed by atoms with E-state index in [9.17, 15) is 4.79 Å². The van der Waals surface area contributed by atoms with E-state index in [2.05, 4.69) is 16.4 Å². The minimum atomic E-state index is -0.751. The Hall–Kier alpha value is -1.84. The molecule has 3 N–H and O–H groups in total. The summed E-state index contributed by atoms with van der Waals surface area (Å²) < 4.78 is 0. The molecule has 82 valence electrons. The topological polar surface area (TPSA) is 67.5 Å². The molecule has 1 aromatic rings. The first-order valence-electron chi connectivity index (χ1n) is 5.47. The molecule has 4 heteroatoms. The molecular weight excluding hydrogens is 202 g/mol. The van der Waals surface area contributed by atoms with Gasteiger partial charge in [-0.25, -0.2) is 4.99 Å². The molecule has 1 amide bonds. The van der Waals surface area contributed by atoms with Gasteiger partial charge in [0.2, 0.25) is 0 Å². The molecule has 16 heavy (non-hydrogen) atoms. The predicted octanol–water partition coefficient (Wildman–Crippen LogP) is 0.663. The van der Waals surface area contributed by atoms with E-state index in [0.29, 0.717) is 0 Å². The minimum absolute atomic E-state index is 0.0860. The maximum Gasteiger partial charge on any atom is 0.259 e. The molecule has 2 aliphatic rings. The molecule has 1 aromatic carbocycles. The van der Waals surface area contributed by atoms with Gasteiger partial charge in [0.1, 0.15) is 0 Å². The molecule has 1 atom stereocenters. The zero-order chi connectivity index (χ0) is 11.2. The number of carbonyl (C=O) groups excluding carboxylic acids is 1. The van der Waals surface area contributed by atoms with E-state index >= 15 is 0 Å². The Morgan fingerprint density at radius 1 is 1.38 bits per heavy atom. The van der Waals surface area contributed by atoms with Crippen molar-refractivity contribution in [2.24, 2.45) is 10.7 Å². The standard InChI is InChI=1S/C12H13N3O/c13-11-14-10(16)12(15-11)7-3-5-8-4-1-2-6-9(8)12/h1-2,4,6H,3,5,7H2,(H3,13,14,15,16). The van der Waals surface area contributed by atoms with Crippen molar-refractivity contribution in [2.45, 2.75) is 24.8 Å². The van der Waals surface area contributed by atoms with Gasteiger partial charge in [-0.2, -0.15) is 0 Å². The van der Waals surface area contributed by atoms with Crippen molar-refractivity contribution in [3.8, 4) is 0 Å². The molecule has 1 aliphatic heterocycles. The lowest BCUT2D eigenvalue weighted by Gasteiger charge is -2.30. The van der Waals surface area contributed by atoms with Crippen LogP contribution in [0.2, 0.25) is 0 Å². The fourth-order valence-corrected chi connectivity index (χ4v) is 2.67. The molecule has 0 aromatic heterocycles. The Bertz CT molecular complexity index is 495. The van der Waals surface area contributed by atoms with Crippen LogP contribution in [0.15, 0.2) is 29.3 Å². The van der Waals surface area contributed by atoms with Crippen molar-refractivity contribution in [3.05, 3.63) is 35.4 Å². The van der Waals surface area contributed by atoms with E-state index in [1.54, 1.807) is 0 Å². The number of nitrogens with zero attached hydrogens (tertiary/aromatic N) is 1. The largest absolute Gasteiger partial charge is 0.370 e. The van der Waals surface area contributed by atoms with Crippen molar-refractivity contribution in [3.63, 3.8) is 0 Å². The highest BCUT2D eigenvalue weighted by atomic mass is 16.2. The number of fused-ring (bicyclic) bond motifs is 2. The third-order valence-corrected chi connectivity index (χ3v) is 3.38. The molecule has 0 bridgehead atoms. The molecule has 0 fully saturated rings. The molecule has 0 radical (unpaired) electrons. The van der Waals surface area contributed by atoms with Gasteiger partial charge in [-0.3, -0.25) is 10.1 Å². The molecule has 1 heterocycles. The van der Waals surface area contributed by atoms with Crippen molar-refractivity contribution < 1.29 is 4.79 Å². The number of hydrogen-bond donors (Lipinski definition) is 2. The Kier molecular flexibility index (Phi) is 1.80. The normalized spacial score (nSPS) is 27.5. The molecule has 1 spiro atoms. The van der Waals surface area contributed by atoms with Crippen molar-refractivity contribution >= 4 is 11.9 Å². The zero-order valence-electron chi connectivity index (χ0n) is 8.86. The number of guanidine groups is 1. The summed E-state index contributed by atoms with van der Waals surface area (Å²) in [5, 5.41) is 2.61. The number of amides is 1. The predicted molar refractivity (Wildman–Crippen MR) is 60.8 cm³/mol. The summed E-state index contributed by atoms with van der Waals surface area (Å²) in [5.41, 5.74) is 7.08. The van der Waals surface area contributed by atoms with Gasteiger partial charge in [0.05, 0.1) is 0 Å². The van der Waals surface area contributed by atoms with Gasteiger partial charge in [0.15, 0.2) is 11.5 Å². The molecular formula is C12H13N3O. The maximum absolute atomic E-state index is 12.0. The van der Waals surface area contributed by atoms with Crippen LogP contribution in [0.1, 0.15) is 24.0 Å². The number of carbonyl (C=O) groups is 1. The summed E-state index contributed by atoms with van der Waals surface area (Å²) in [6.45, 7) is 0. The van der Waals surface area contributed by atoms with E-state index in [-0.39, 0.29) is 11.9 Å². The molecule has 0 saturated heterocycles. The first kappa shape index (κ1) is 9.39. The Morgan fingerprint density at radius 2 is 2.19 bits per heavy atom. The SMILES string of the molecule is NC1=NC2(CCCc3ccccc32)C(=O)N1. The quantitative estimate of drug-likeness (QED) is 0.667. The van der Waals surface area contributed by atoms with E-state index in [1.807, 2.05) is 18.2 Å². The van der Waals surface area contributed by atoms with Crippen LogP contribution in [-0.4, -0.2) is 11.9 Å². The molecule has 4 nitrogen and oxygen atoms in total. The number of rotatable bonds is 0. The second-order valence-corrected chi connectivity index (χ2v) is 4.32. The average molecular weight is 215 g/mol. The number of hydrogen-bond acceptors (Lipinski definition) is 3. The number of aryl methyl sites for hydroxylation is 1. The van der Waals surface area contributed by atoms with E-state index < -0.39 is 5.54 Å². The maximum atomic E-state index is 12.0. The van der Waals surface area contributed by atoms with Gasteiger partial charge in [0.25, 0.3) is 5.91 Å². The van der Waals surface area contributed by atoms with Gasteiger partial charge in [-0.1, -0.05) is 24.3 Å². The van der Waals surface area contributed by atoms with E-state index in [1.165, 1.54) is 5.56 Å². The fourth-order valence-electron chi connectivity index (χ4n) is 2.67. The van der Waals surface area contributed by atoms with Gasteiger partial charge >= 0.3 is 0 Å². The van der Waals surface area contributed by atoms with Crippen LogP contribution in [0.4, 0.5) is 0 Å². The van der Waals surface area contributed by atoms with Crippen LogP contribution in [0, 0.1) is 0 Å². The first-order valence-corrected chi connectivity index (χ1v) is 5.47. The van der Waals surface area contributed by atoms with Crippen LogP contribution in [0.25, 0.3) is 0 Å². The minimum Gasteiger partial charge on any atom is -0.370 e. The summed E-state index contributed by atoms with van der Waals surface area (Å²) in [6.07, 6.45) is 2.73. The molecule has 3 rings (SSSR count). The highest BCUT2D eigenvalue weighted by molar-refractivity contribution is 6.07. The van der Waals surface area contributed by atoms with Crippen LogP contribution in [0.5, 0.6) is 0 Å². The Morgan fingerprint density at radius 3 is 2.94 bits per heavy atom. The lowest BCUT2D eigenvalue weighted by Crippen LogP contribution is -2.40. The van der Waals surface area contributed by atoms with Crippen LogP contribution in [0.3, 0.4) is 0 Å². The fraction of sp³-hybridized carbons (Fsp3) is 0.333. The third-order valence-electron chi connectivity index (χ3n) is 3.38. The average Bonchev–Trinajstić information content (AvgIpc) is 2.55.